The third-order valence-electron chi connectivity index (χ3n) is 2.04. The number of nitrogens with one attached hydrogen (secondary N) is 2. The second kappa shape index (κ2) is 8.18. The molecule has 0 aliphatic heterocycles. The van der Waals surface area contributed by atoms with Crippen LogP contribution in [0.15, 0.2) is 0 Å². The molecule has 8 heteroatoms. The van der Waals surface area contributed by atoms with Crippen molar-refractivity contribution in [3.8, 4) is 6.07 Å². The summed E-state index contributed by atoms with van der Waals surface area (Å²) in [4.78, 5) is 20.5. The van der Waals surface area contributed by atoms with E-state index in [2.05, 4.69) is 5.32 Å². The van der Waals surface area contributed by atoms with E-state index in [0.717, 1.165) is 0 Å². The number of aliphatic hydroxyl groups is 1. The summed E-state index contributed by atoms with van der Waals surface area (Å²) in [6.45, 7) is 0.248. The van der Waals surface area contributed by atoms with E-state index in [-0.39, 0.29) is 13.0 Å². The molecule has 0 saturated heterocycles. The van der Waals surface area contributed by atoms with Gasteiger partial charge in [0.25, 0.3) is 0 Å². The number of nitrogens with zero attached hydrogens (tertiary/aromatic N) is 1. The maximum absolute atomic E-state index is 10.4. The summed E-state index contributed by atoms with van der Waals surface area (Å²) in [6, 6.07) is 0.691. The highest BCUT2D eigenvalue weighted by Gasteiger charge is 2.19. The Morgan fingerprint density at radius 2 is 1.88 bits per heavy atom. The molecule has 17 heavy (non-hydrogen) atoms. The lowest BCUT2D eigenvalue weighted by atomic mass is 10.1. The molecule has 0 aromatic rings. The van der Waals surface area contributed by atoms with Gasteiger partial charge < -0.3 is 26.0 Å². The first-order chi connectivity index (χ1) is 7.97. The molecule has 0 bridgehead atoms. The number of unbranched alkanes of at least 4 members (excludes halogenated alkanes) is 1. The smallest absolute Gasteiger partial charge is 0.405 e. The molecule has 0 heterocycles. The van der Waals surface area contributed by atoms with Crippen LogP contribution in [0.3, 0.4) is 0 Å². The standard InChI is InChI=1S/C9H15N3O5/c10-5-7(13)6(12-9(16)17)3-1-2-4-11-8(14)15/h6-7,11-13H,1-4H2,(H,14,15)(H,16,17)/t6-,7?/m0/s1. The lowest BCUT2D eigenvalue weighted by Crippen LogP contribution is -2.42. The van der Waals surface area contributed by atoms with Crippen molar-refractivity contribution >= 4 is 12.2 Å². The average molecular weight is 245 g/mol. The Hall–Kier alpha value is -2.01. The molecule has 0 aromatic heterocycles. The Bertz CT molecular complexity index is 301. The van der Waals surface area contributed by atoms with Crippen molar-refractivity contribution in [3.05, 3.63) is 0 Å². The van der Waals surface area contributed by atoms with Crippen molar-refractivity contribution in [2.45, 2.75) is 31.4 Å². The molecule has 0 aliphatic rings. The Morgan fingerprint density at radius 3 is 2.35 bits per heavy atom. The van der Waals surface area contributed by atoms with Crippen LogP contribution in [-0.4, -0.2) is 46.2 Å². The Balaban J connectivity index is 3.88. The molecule has 8 nitrogen and oxygen atoms in total. The SMILES string of the molecule is N#CC(O)[C@H](CCCCNC(=O)O)NC(=O)O. The summed E-state index contributed by atoms with van der Waals surface area (Å²) in [5.41, 5.74) is 0. The van der Waals surface area contributed by atoms with Gasteiger partial charge in [0, 0.05) is 6.54 Å². The van der Waals surface area contributed by atoms with Crippen molar-refractivity contribution in [2.24, 2.45) is 0 Å². The minimum Gasteiger partial charge on any atom is -0.465 e. The van der Waals surface area contributed by atoms with Gasteiger partial charge in [0.05, 0.1) is 12.1 Å². The van der Waals surface area contributed by atoms with Gasteiger partial charge in [0.1, 0.15) is 0 Å². The first-order valence-electron chi connectivity index (χ1n) is 5.01. The van der Waals surface area contributed by atoms with Crippen LogP contribution in [0.2, 0.25) is 0 Å². The van der Waals surface area contributed by atoms with E-state index in [9.17, 15) is 14.7 Å². The van der Waals surface area contributed by atoms with Gasteiger partial charge in [-0.25, -0.2) is 9.59 Å². The van der Waals surface area contributed by atoms with Crippen LogP contribution in [0.4, 0.5) is 9.59 Å². The van der Waals surface area contributed by atoms with Crippen molar-refractivity contribution in [1.82, 2.24) is 10.6 Å². The summed E-state index contributed by atoms with van der Waals surface area (Å²) in [7, 11) is 0. The second-order valence-corrected chi connectivity index (χ2v) is 3.36. The van der Waals surface area contributed by atoms with Gasteiger partial charge in [-0.2, -0.15) is 5.26 Å². The van der Waals surface area contributed by atoms with Gasteiger partial charge in [0.2, 0.25) is 0 Å². The Morgan fingerprint density at radius 1 is 1.24 bits per heavy atom. The molecule has 0 spiro atoms. The molecule has 0 aromatic carbocycles. The first kappa shape index (κ1) is 15.0. The van der Waals surface area contributed by atoms with Crippen LogP contribution in [0.25, 0.3) is 0 Å². The topological polar surface area (TPSA) is 143 Å². The van der Waals surface area contributed by atoms with Gasteiger partial charge >= 0.3 is 12.2 Å². The maximum Gasteiger partial charge on any atom is 0.405 e. The predicted molar refractivity (Wildman–Crippen MR) is 56.4 cm³/mol. The zero-order valence-electron chi connectivity index (χ0n) is 9.09. The largest absolute Gasteiger partial charge is 0.465 e. The molecule has 5 N–H and O–H groups in total. The van der Waals surface area contributed by atoms with Crippen LogP contribution in [0, 0.1) is 11.3 Å². The summed E-state index contributed by atoms with van der Waals surface area (Å²) in [5, 5.41) is 38.6. The van der Waals surface area contributed by atoms with Crippen molar-refractivity contribution in [2.75, 3.05) is 6.54 Å². The third-order valence-corrected chi connectivity index (χ3v) is 2.04. The number of aliphatic hydroxyl groups excluding tert-OH is 1. The molecule has 96 valence electrons. The Kier molecular flexibility index (Phi) is 7.21. The normalized spacial score (nSPS) is 13.2. The number of amides is 2. The maximum atomic E-state index is 10.4. The monoisotopic (exact) mass is 245 g/mol. The lowest BCUT2D eigenvalue weighted by Gasteiger charge is -2.17. The number of hydrogen-bond acceptors (Lipinski definition) is 4. The average Bonchev–Trinajstić information content (AvgIpc) is 2.25. The van der Waals surface area contributed by atoms with Gasteiger partial charge in [-0.05, 0) is 19.3 Å². The summed E-state index contributed by atoms with van der Waals surface area (Å²) in [6.07, 6.45) is -2.58. The van der Waals surface area contributed by atoms with E-state index in [1.165, 1.54) is 0 Å². The fourth-order valence-corrected chi connectivity index (χ4v) is 1.24. The first-order valence-corrected chi connectivity index (χ1v) is 5.01. The molecule has 0 radical (unpaired) electrons. The number of carbonyl (C=O) groups is 2. The number of hydrogen-bond donors (Lipinski definition) is 5. The van der Waals surface area contributed by atoms with Crippen LogP contribution in [0.5, 0.6) is 0 Å². The highest BCUT2D eigenvalue weighted by molar-refractivity contribution is 5.65. The van der Waals surface area contributed by atoms with Crippen molar-refractivity contribution < 1.29 is 24.9 Å². The summed E-state index contributed by atoms with van der Waals surface area (Å²) in [5.74, 6) is 0. The predicted octanol–water partition coefficient (Wildman–Crippen LogP) is -0.0550. The zero-order chi connectivity index (χ0) is 13.3. The number of rotatable bonds is 7. The van der Waals surface area contributed by atoms with Crippen LogP contribution in [0.1, 0.15) is 19.3 Å². The van der Waals surface area contributed by atoms with Crippen LogP contribution >= 0.6 is 0 Å². The van der Waals surface area contributed by atoms with E-state index >= 15 is 0 Å². The summed E-state index contributed by atoms with van der Waals surface area (Å²) >= 11 is 0. The summed E-state index contributed by atoms with van der Waals surface area (Å²) < 4.78 is 0. The molecular formula is C9H15N3O5. The molecule has 2 atom stereocenters. The van der Waals surface area contributed by atoms with Crippen LogP contribution < -0.4 is 10.6 Å². The molecule has 2 amide bonds. The number of nitriles is 1. The fraction of sp³-hybridized carbons (Fsp3) is 0.667. The lowest BCUT2D eigenvalue weighted by molar-refractivity contribution is 0.150. The minimum absolute atomic E-state index is 0.248. The molecule has 0 fully saturated rings. The highest BCUT2D eigenvalue weighted by atomic mass is 16.4. The zero-order valence-corrected chi connectivity index (χ0v) is 9.09. The van der Waals surface area contributed by atoms with Crippen molar-refractivity contribution in [1.29, 1.82) is 5.26 Å². The fourth-order valence-electron chi connectivity index (χ4n) is 1.24. The third kappa shape index (κ3) is 7.87. The van der Waals surface area contributed by atoms with E-state index in [1.54, 1.807) is 6.07 Å². The van der Waals surface area contributed by atoms with Gasteiger partial charge in [0.15, 0.2) is 6.10 Å². The molecule has 0 rings (SSSR count). The van der Waals surface area contributed by atoms with E-state index in [0.29, 0.717) is 12.8 Å². The van der Waals surface area contributed by atoms with Crippen molar-refractivity contribution in [3.63, 3.8) is 0 Å². The minimum atomic E-state index is -1.40. The Labute approximate surface area is 97.9 Å². The van der Waals surface area contributed by atoms with E-state index in [1.807, 2.05) is 5.32 Å². The quantitative estimate of drug-likeness (QED) is 0.314. The number of carboxylic acid groups (broad SMARTS) is 2. The highest BCUT2D eigenvalue weighted by Crippen LogP contribution is 2.04. The van der Waals surface area contributed by atoms with E-state index in [4.69, 9.17) is 15.5 Å². The van der Waals surface area contributed by atoms with Gasteiger partial charge in [-0.15, -0.1) is 0 Å². The second-order valence-electron chi connectivity index (χ2n) is 3.36. The molecular weight excluding hydrogens is 230 g/mol. The molecule has 0 saturated carbocycles. The molecule has 0 aliphatic carbocycles. The molecule has 1 unspecified atom stereocenters. The van der Waals surface area contributed by atoms with E-state index < -0.39 is 24.3 Å². The van der Waals surface area contributed by atoms with Gasteiger partial charge in [-0.1, -0.05) is 0 Å². The van der Waals surface area contributed by atoms with Gasteiger partial charge in [-0.3, -0.25) is 0 Å². The van der Waals surface area contributed by atoms with Crippen LogP contribution in [-0.2, 0) is 0 Å².